The van der Waals surface area contributed by atoms with Gasteiger partial charge in [0.25, 0.3) is 0 Å². The summed E-state index contributed by atoms with van der Waals surface area (Å²) in [7, 11) is 0. The zero-order valence-corrected chi connectivity index (χ0v) is 11.8. The van der Waals surface area contributed by atoms with Crippen molar-refractivity contribution in [1.82, 2.24) is 9.88 Å². The van der Waals surface area contributed by atoms with Crippen LogP contribution in [0.4, 0.5) is 0 Å². The van der Waals surface area contributed by atoms with E-state index in [2.05, 4.69) is 46.3 Å². The van der Waals surface area contributed by atoms with E-state index in [-0.39, 0.29) is 0 Å². The Bertz CT molecular complexity index is 580. The lowest BCUT2D eigenvalue weighted by atomic mass is 10.0. The van der Waals surface area contributed by atoms with Crippen molar-refractivity contribution in [2.24, 2.45) is 5.73 Å². The summed E-state index contributed by atoms with van der Waals surface area (Å²) in [6.07, 6.45) is 4.28. The van der Waals surface area contributed by atoms with Crippen LogP contribution in [-0.2, 0) is 26.1 Å². The van der Waals surface area contributed by atoms with E-state index >= 15 is 0 Å². The molecule has 0 aliphatic carbocycles. The third-order valence-electron chi connectivity index (χ3n) is 3.93. The molecule has 0 unspecified atom stereocenters. The molecule has 20 heavy (non-hydrogen) atoms. The maximum absolute atomic E-state index is 5.66. The summed E-state index contributed by atoms with van der Waals surface area (Å²) in [5, 5.41) is 0. The van der Waals surface area contributed by atoms with E-state index in [0.717, 1.165) is 25.3 Å². The normalized spacial score (nSPS) is 15.7. The predicted octanol–water partition coefficient (Wildman–Crippen LogP) is 2.49. The zero-order valence-electron chi connectivity index (χ0n) is 11.8. The van der Waals surface area contributed by atoms with Crippen LogP contribution < -0.4 is 5.73 Å². The predicted molar refractivity (Wildman–Crippen MR) is 81.0 cm³/mol. The van der Waals surface area contributed by atoms with Crippen LogP contribution in [0.3, 0.4) is 0 Å². The van der Waals surface area contributed by atoms with E-state index < -0.39 is 0 Å². The second kappa shape index (κ2) is 6.16. The van der Waals surface area contributed by atoms with Crippen LogP contribution in [-0.4, -0.2) is 16.4 Å². The zero-order chi connectivity index (χ0) is 13.8. The number of rotatable bonds is 3. The highest BCUT2D eigenvalue weighted by Gasteiger charge is 2.14. The van der Waals surface area contributed by atoms with Crippen LogP contribution in [0, 0.1) is 0 Å². The molecule has 3 heteroatoms. The van der Waals surface area contributed by atoms with E-state index in [0.29, 0.717) is 6.54 Å². The number of pyridine rings is 1. The number of hydrogen-bond acceptors (Lipinski definition) is 3. The van der Waals surface area contributed by atoms with Crippen LogP contribution in [0.5, 0.6) is 0 Å². The number of fused-ring (bicyclic) bond motifs is 1. The highest BCUT2D eigenvalue weighted by molar-refractivity contribution is 5.28. The smallest absolute Gasteiger partial charge is 0.0542 e. The van der Waals surface area contributed by atoms with Gasteiger partial charge in [0.2, 0.25) is 0 Å². The summed E-state index contributed by atoms with van der Waals surface area (Å²) < 4.78 is 0. The fourth-order valence-electron chi connectivity index (χ4n) is 2.90. The number of nitrogens with two attached hydrogens (primary N) is 1. The van der Waals surface area contributed by atoms with Gasteiger partial charge in [0.1, 0.15) is 0 Å². The van der Waals surface area contributed by atoms with Crippen LogP contribution in [0.25, 0.3) is 0 Å². The van der Waals surface area contributed by atoms with Crippen molar-refractivity contribution in [3.05, 3.63) is 65.0 Å². The quantitative estimate of drug-likeness (QED) is 0.929. The molecular weight excluding hydrogens is 246 g/mol. The Morgan fingerprint density at radius 1 is 1.15 bits per heavy atom. The largest absolute Gasteiger partial charge is 0.325 e. The molecule has 0 saturated carbocycles. The second-order valence-corrected chi connectivity index (χ2v) is 5.44. The summed E-state index contributed by atoms with van der Waals surface area (Å²) in [6, 6.07) is 13.0. The van der Waals surface area contributed by atoms with Gasteiger partial charge >= 0.3 is 0 Å². The van der Waals surface area contributed by atoms with Gasteiger partial charge in [0, 0.05) is 25.8 Å². The summed E-state index contributed by atoms with van der Waals surface area (Å²) in [6.45, 7) is 3.67. The van der Waals surface area contributed by atoms with E-state index in [9.17, 15) is 0 Å². The van der Waals surface area contributed by atoms with E-state index in [1.165, 1.54) is 29.5 Å². The molecule has 2 aromatic rings. The Morgan fingerprint density at radius 3 is 2.85 bits per heavy atom. The Balaban J connectivity index is 1.74. The molecule has 1 aliphatic rings. The molecule has 0 spiro atoms. The van der Waals surface area contributed by atoms with E-state index in [1.54, 1.807) is 0 Å². The average molecular weight is 267 g/mol. The molecule has 0 saturated heterocycles. The minimum Gasteiger partial charge on any atom is -0.325 e. The first-order valence-electron chi connectivity index (χ1n) is 7.28. The lowest BCUT2D eigenvalue weighted by molar-refractivity contribution is 0.261. The SMILES string of the molecule is NCc1cc(CN2CCCc3ccccc3C2)ccn1. The highest BCUT2D eigenvalue weighted by atomic mass is 15.1. The average Bonchev–Trinajstić information content (AvgIpc) is 2.69. The van der Waals surface area contributed by atoms with Gasteiger partial charge in [-0.3, -0.25) is 9.88 Å². The van der Waals surface area contributed by atoms with Gasteiger partial charge in [-0.15, -0.1) is 0 Å². The third kappa shape index (κ3) is 3.06. The van der Waals surface area contributed by atoms with Crippen molar-refractivity contribution in [2.45, 2.75) is 32.5 Å². The number of nitrogens with zero attached hydrogens (tertiary/aromatic N) is 2. The first kappa shape index (κ1) is 13.3. The summed E-state index contributed by atoms with van der Waals surface area (Å²) >= 11 is 0. The summed E-state index contributed by atoms with van der Waals surface area (Å²) in [5.74, 6) is 0. The maximum atomic E-state index is 5.66. The van der Waals surface area contributed by atoms with Gasteiger partial charge in [-0.1, -0.05) is 24.3 Å². The second-order valence-electron chi connectivity index (χ2n) is 5.44. The number of aromatic nitrogens is 1. The molecule has 1 aliphatic heterocycles. The Labute approximate surface area is 120 Å². The standard InChI is InChI=1S/C17H21N3/c18-11-17-10-14(7-8-19-17)12-20-9-3-6-15-4-1-2-5-16(15)13-20/h1-2,4-5,7-8,10H,3,6,9,11-13,18H2. The van der Waals surface area contributed by atoms with Crippen molar-refractivity contribution in [2.75, 3.05) is 6.54 Å². The number of benzene rings is 1. The van der Waals surface area contributed by atoms with Crippen molar-refractivity contribution in [3.8, 4) is 0 Å². The van der Waals surface area contributed by atoms with Crippen LogP contribution in [0.2, 0.25) is 0 Å². The van der Waals surface area contributed by atoms with Crippen molar-refractivity contribution >= 4 is 0 Å². The monoisotopic (exact) mass is 267 g/mol. The van der Waals surface area contributed by atoms with E-state index in [4.69, 9.17) is 5.73 Å². The molecule has 2 N–H and O–H groups in total. The van der Waals surface area contributed by atoms with Crippen LogP contribution in [0.15, 0.2) is 42.6 Å². The van der Waals surface area contributed by atoms with Gasteiger partial charge in [-0.05, 0) is 48.2 Å². The molecule has 0 fully saturated rings. The first-order chi connectivity index (χ1) is 9.85. The fraction of sp³-hybridized carbons (Fsp3) is 0.353. The Morgan fingerprint density at radius 2 is 2.00 bits per heavy atom. The molecular formula is C17H21N3. The minimum atomic E-state index is 0.511. The topological polar surface area (TPSA) is 42.1 Å². The fourth-order valence-corrected chi connectivity index (χ4v) is 2.90. The third-order valence-corrected chi connectivity index (χ3v) is 3.93. The lowest BCUT2D eigenvalue weighted by Gasteiger charge is -2.20. The Hall–Kier alpha value is -1.71. The molecule has 0 radical (unpaired) electrons. The Kier molecular flexibility index (Phi) is 4.09. The van der Waals surface area contributed by atoms with Gasteiger partial charge in [0.05, 0.1) is 5.69 Å². The van der Waals surface area contributed by atoms with Crippen LogP contribution >= 0.6 is 0 Å². The molecule has 3 rings (SSSR count). The number of aryl methyl sites for hydroxylation is 1. The molecule has 104 valence electrons. The van der Waals surface area contributed by atoms with Crippen molar-refractivity contribution in [3.63, 3.8) is 0 Å². The maximum Gasteiger partial charge on any atom is 0.0542 e. The first-order valence-corrected chi connectivity index (χ1v) is 7.28. The molecule has 0 bridgehead atoms. The minimum absolute atomic E-state index is 0.511. The van der Waals surface area contributed by atoms with Gasteiger partial charge in [-0.25, -0.2) is 0 Å². The van der Waals surface area contributed by atoms with Gasteiger partial charge < -0.3 is 5.73 Å². The molecule has 1 aromatic carbocycles. The van der Waals surface area contributed by atoms with Gasteiger partial charge in [0.15, 0.2) is 0 Å². The summed E-state index contributed by atoms with van der Waals surface area (Å²) in [5.41, 5.74) is 10.9. The molecule has 0 atom stereocenters. The molecule has 1 aromatic heterocycles. The van der Waals surface area contributed by atoms with Crippen LogP contribution in [0.1, 0.15) is 28.8 Å². The van der Waals surface area contributed by atoms with E-state index in [1.807, 2.05) is 6.20 Å². The molecule has 0 amide bonds. The van der Waals surface area contributed by atoms with Gasteiger partial charge in [-0.2, -0.15) is 0 Å². The van der Waals surface area contributed by atoms with Crippen molar-refractivity contribution in [1.29, 1.82) is 0 Å². The molecule has 3 nitrogen and oxygen atoms in total. The highest BCUT2D eigenvalue weighted by Crippen LogP contribution is 2.20. The molecule has 2 heterocycles. The number of hydrogen-bond donors (Lipinski definition) is 1. The summed E-state index contributed by atoms with van der Waals surface area (Å²) in [4.78, 5) is 6.78. The van der Waals surface area contributed by atoms with Crippen molar-refractivity contribution < 1.29 is 0 Å². The lowest BCUT2D eigenvalue weighted by Crippen LogP contribution is -2.22.